The summed E-state index contributed by atoms with van der Waals surface area (Å²) in [5.74, 6) is 0.373. The normalized spacial score (nSPS) is 17.7. The number of aromatic nitrogens is 5. The van der Waals surface area contributed by atoms with Gasteiger partial charge in [-0.15, -0.1) is 0 Å². The predicted molar refractivity (Wildman–Crippen MR) is 117 cm³/mol. The number of sulfonamides is 1. The molecule has 1 amide bonds. The molecule has 0 bridgehead atoms. The molecule has 1 aliphatic rings. The van der Waals surface area contributed by atoms with Crippen LogP contribution in [0.15, 0.2) is 66.3 Å². The molecule has 1 saturated heterocycles. The van der Waals surface area contributed by atoms with Crippen molar-refractivity contribution >= 4 is 26.8 Å². The molecule has 4 heterocycles. The van der Waals surface area contributed by atoms with Crippen LogP contribution in [0.4, 0.5) is 0 Å². The Morgan fingerprint density at radius 2 is 1.97 bits per heavy atom. The summed E-state index contributed by atoms with van der Waals surface area (Å²) in [5, 5.41) is 4.61. The average Bonchev–Trinajstić information content (AvgIpc) is 3.49. The van der Waals surface area contributed by atoms with Gasteiger partial charge in [0.1, 0.15) is 17.6 Å². The molecule has 164 valence electrons. The molecule has 32 heavy (non-hydrogen) atoms. The molecule has 0 spiro atoms. The van der Waals surface area contributed by atoms with Gasteiger partial charge >= 0.3 is 0 Å². The minimum atomic E-state index is -3.80. The molecule has 0 aliphatic carbocycles. The highest BCUT2D eigenvalue weighted by Crippen LogP contribution is 2.30. The second-order valence-electron chi connectivity index (χ2n) is 7.63. The van der Waals surface area contributed by atoms with E-state index in [0.29, 0.717) is 35.4 Å². The van der Waals surface area contributed by atoms with Crippen LogP contribution in [0, 0.1) is 0 Å². The zero-order valence-corrected chi connectivity index (χ0v) is 18.1. The molecule has 4 aromatic rings. The summed E-state index contributed by atoms with van der Waals surface area (Å²) < 4.78 is 30.1. The molecule has 0 saturated carbocycles. The van der Waals surface area contributed by atoms with E-state index in [4.69, 9.17) is 0 Å². The van der Waals surface area contributed by atoms with Crippen LogP contribution in [0.25, 0.3) is 16.7 Å². The van der Waals surface area contributed by atoms with Crippen molar-refractivity contribution in [3.8, 4) is 5.82 Å². The van der Waals surface area contributed by atoms with Gasteiger partial charge in [-0.05, 0) is 25.1 Å². The second kappa shape index (κ2) is 7.84. The summed E-state index contributed by atoms with van der Waals surface area (Å²) in [7, 11) is -3.80. The maximum atomic E-state index is 13.6. The number of hydrogen-bond donors (Lipinski definition) is 1. The van der Waals surface area contributed by atoms with Gasteiger partial charge in [-0.2, -0.15) is 9.40 Å². The van der Waals surface area contributed by atoms with Gasteiger partial charge in [-0.1, -0.05) is 18.2 Å². The number of benzene rings is 1. The minimum absolute atomic E-state index is 0.0925. The van der Waals surface area contributed by atoms with E-state index in [1.165, 1.54) is 27.8 Å². The average molecular weight is 452 g/mol. The van der Waals surface area contributed by atoms with Crippen LogP contribution in [-0.2, 0) is 10.0 Å². The number of nitrogens with one attached hydrogen (secondary N) is 1. The van der Waals surface area contributed by atoms with E-state index in [1.54, 1.807) is 29.3 Å². The van der Waals surface area contributed by atoms with E-state index < -0.39 is 10.0 Å². The lowest BCUT2D eigenvalue weighted by Crippen LogP contribution is -2.55. The number of piperazine rings is 1. The Kier molecular flexibility index (Phi) is 4.98. The third-order valence-corrected chi connectivity index (χ3v) is 7.69. The first-order valence-corrected chi connectivity index (χ1v) is 11.6. The van der Waals surface area contributed by atoms with Gasteiger partial charge in [-0.3, -0.25) is 4.79 Å². The van der Waals surface area contributed by atoms with Crippen molar-refractivity contribution in [2.45, 2.75) is 17.9 Å². The largest absolute Gasteiger partial charge is 0.357 e. The van der Waals surface area contributed by atoms with Crippen LogP contribution in [-0.4, -0.2) is 73.9 Å². The first-order valence-electron chi connectivity index (χ1n) is 10.1. The van der Waals surface area contributed by atoms with E-state index in [1.807, 2.05) is 25.1 Å². The molecule has 5 rings (SSSR count). The SMILES string of the molecule is CC1CN(C(=O)c2ccccc2)CCN1S(=O)(=O)c1c[nH]c2c(-n3cncn3)nccc12. The van der Waals surface area contributed by atoms with Crippen LogP contribution in [0.5, 0.6) is 0 Å². The number of nitrogens with zero attached hydrogens (tertiary/aromatic N) is 6. The van der Waals surface area contributed by atoms with Crippen molar-refractivity contribution in [2.75, 3.05) is 19.6 Å². The molecule has 10 nitrogen and oxygen atoms in total. The van der Waals surface area contributed by atoms with Gasteiger partial charge in [0.2, 0.25) is 10.0 Å². The third kappa shape index (κ3) is 3.35. The zero-order valence-electron chi connectivity index (χ0n) is 17.3. The Balaban J connectivity index is 1.43. The molecule has 11 heteroatoms. The molecule has 1 aromatic carbocycles. The van der Waals surface area contributed by atoms with E-state index >= 15 is 0 Å². The van der Waals surface area contributed by atoms with Crippen molar-refractivity contribution in [3.63, 3.8) is 0 Å². The smallest absolute Gasteiger partial charge is 0.253 e. The fourth-order valence-corrected chi connectivity index (χ4v) is 5.86. The van der Waals surface area contributed by atoms with Crippen molar-refractivity contribution in [2.24, 2.45) is 0 Å². The first-order chi connectivity index (χ1) is 15.5. The quantitative estimate of drug-likeness (QED) is 0.505. The van der Waals surface area contributed by atoms with E-state index in [0.717, 1.165) is 0 Å². The molecule has 1 fully saturated rings. The number of hydrogen-bond acceptors (Lipinski definition) is 6. The lowest BCUT2D eigenvalue weighted by Gasteiger charge is -2.38. The van der Waals surface area contributed by atoms with Crippen molar-refractivity contribution in [1.82, 2.24) is 33.9 Å². The summed E-state index contributed by atoms with van der Waals surface area (Å²) >= 11 is 0. The third-order valence-electron chi connectivity index (χ3n) is 5.64. The number of H-pyrrole nitrogens is 1. The second-order valence-corrected chi connectivity index (χ2v) is 9.49. The van der Waals surface area contributed by atoms with Gasteiger partial charge in [-0.25, -0.2) is 23.1 Å². The number of fused-ring (bicyclic) bond motifs is 1. The van der Waals surface area contributed by atoms with Crippen molar-refractivity contribution < 1.29 is 13.2 Å². The highest BCUT2D eigenvalue weighted by atomic mass is 32.2. The molecular formula is C21H21N7O3S. The summed E-state index contributed by atoms with van der Waals surface area (Å²) in [5.41, 5.74) is 1.16. The Hall–Kier alpha value is -3.57. The predicted octanol–water partition coefficient (Wildman–Crippen LogP) is 1.68. The Morgan fingerprint density at radius 1 is 1.16 bits per heavy atom. The molecule has 1 aliphatic heterocycles. The lowest BCUT2D eigenvalue weighted by atomic mass is 10.1. The van der Waals surface area contributed by atoms with Crippen LogP contribution in [0.2, 0.25) is 0 Å². The standard InChI is InChI=1S/C21H21N7O3S/c1-15-12-26(21(29)16-5-3-2-4-6-16)9-10-28(15)32(30,31)18-11-24-19-17(18)7-8-23-20(19)27-14-22-13-25-27/h2-8,11,13-15,24H,9-10,12H2,1H3. The van der Waals surface area contributed by atoms with E-state index in [9.17, 15) is 13.2 Å². The molecule has 1 N–H and O–H groups in total. The van der Waals surface area contributed by atoms with Crippen LogP contribution >= 0.6 is 0 Å². The number of amides is 1. The maximum Gasteiger partial charge on any atom is 0.253 e. The molecular weight excluding hydrogens is 430 g/mol. The van der Waals surface area contributed by atoms with Gasteiger partial charge in [0.25, 0.3) is 5.91 Å². The van der Waals surface area contributed by atoms with Gasteiger partial charge < -0.3 is 9.88 Å². The summed E-state index contributed by atoms with van der Waals surface area (Å²) in [4.78, 5) is 25.9. The van der Waals surface area contributed by atoms with Gasteiger partial charge in [0.15, 0.2) is 5.82 Å². The van der Waals surface area contributed by atoms with E-state index in [-0.39, 0.29) is 23.4 Å². The van der Waals surface area contributed by atoms with Crippen LogP contribution in [0.1, 0.15) is 17.3 Å². The number of pyridine rings is 1. The summed E-state index contributed by atoms with van der Waals surface area (Å²) in [6.45, 7) is 2.68. The number of rotatable bonds is 4. The molecule has 1 unspecified atom stereocenters. The number of carbonyl (C=O) groups excluding carboxylic acids is 1. The number of carbonyl (C=O) groups is 1. The van der Waals surface area contributed by atoms with Crippen molar-refractivity contribution in [1.29, 1.82) is 0 Å². The lowest BCUT2D eigenvalue weighted by molar-refractivity contribution is 0.0642. The Morgan fingerprint density at radius 3 is 2.69 bits per heavy atom. The maximum absolute atomic E-state index is 13.6. The summed E-state index contributed by atoms with van der Waals surface area (Å²) in [6.07, 6.45) is 5.92. The van der Waals surface area contributed by atoms with Crippen LogP contribution < -0.4 is 0 Å². The monoisotopic (exact) mass is 451 g/mol. The zero-order chi connectivity index (χ0) is 22.3. The van der Waals surface area contributed by atoms with Gasteiger partial charge in [0, 0.05) is 49.0 Å². The fourth-order valence-electron chi connectivity index (χ4n) is 4.09. The minimum Gasteiger partial charge on any atom is -0.357 e. The molecule has 0 radical (unpaired) electrons. The molecule has 3 aromatic heterocycles. The highest BCUT2D eigenvalue weighted by molar-refractivity contribution is 7.89. The van der Waals surface area contributed by atoms with E-state index in [2.05, 4.69) is 20.1 Å². The molecule has 1 atom stereocenters. The highest BCUT2D eigenvalue weighted by Gasteiger charge is 2.36. The fraction of sp³-hybridized carbons (Fsp3) is 0.238. The topological polar surface area (TPSA) is 117 Å². The summed E-state index contributed by atoms with van der Waals surface area (Å²) in [6, 6.07) is 10.3. The number of aromatic amines is 1. The van der Waals surface area contributed by atoms with Crippen molar-refractivity contribution in [3.05, 3.63) is 67.0 Å². The first kappa shape index (κ1) is 20.3. The Bertz CT molecular complexity index is 1370. The Labute approximate surface area is 184 Å². The van der Waals surface area contributed by atoms with Gasteiger partial charge in [0.05, 0.1) is 5.52 Å². The van der Waals surface area contributed by atoms with Crippen LogP contribution in [0.3, 0.4) is 0 Å².